The van der Waals surface area contributed by atoms with Gasteiger partial charge in [0, 0.05) is 6.04 Å². The van der Waals surface area contributed by atoms with Crippen LogP contribution in [0.4, 0.5) is 0 Å². The van der Waals surface area contributed by atoms with Gasteiger partial charge in [0.15, 0.2) is 0 Å². The van der Waals surface area contributed by atoms with Crippen LogP contribution >= 0.6 is 11.8 Å². The van der Waals surface area contributed by atoms with Gasteiger partial charge < -0.3 is 10.1 Å². The molecule has 1 unspecified atom stereocenters. The van der Waals surface area contributed by atoms with Crippen molar-refractivity contribution in [2.45, 2.75) is 19.4 Å². The fourth-order valence-electron chi connectivity index (χ4n) is 0.726. The number of methoxy groups -OCH3 is 1. The number of carbonyl (C=O) groups excluding carboxylic acids is 1. The molecule has 0 fully saturated rings. The number of esters is 1. The second kappa shape index (κ2) is 7.43. The predicted molar refractivity (Wildman–Crippen MR) is 52.5 cm³/mol. The first kappa shape index (κ1) is 11.8. The van der Waals surface area contributed by atoms with Crippen molar-refractivity contribution < 1.29 is 9.53 Å². The summed E-state index contributed by atoms with van der Waals surface area (Å²) in [6, 6.07) is 0.386. The highest BCUT2D eigenvalue weighted by atomic mass is 32.2. The van der Waals surface area contributed by atoms with Crippen molar-refractivity contribution in [1.29, 1.82) is 0 Å². The average molecular weight is 191 g/mol. The normalized spacial score (nSPS) is 12.6. The van der Waals surface area contributed by atoms with Gasteiger partial charge >= 0.3 is 5.97 Å². The van der Waals surface area contributed by atoms with Crippen LogP contribution < -0.4 is 5.32 Å². The van der Waals surface area contributed by atoms with Crippen molar-refractivity contribution >= 4 is 17.7 Å². The van der Waals surface area contributed by atoms with E-state index >= 15 is 0 Å². The highest BCUT2D eigenvalue weighted by Crippen LogP contribution is 1.99. The molecular weight excluding hydrogens is 174 g/mol. The first-order valence-corrected chi connectivity index (χ1v) is 5.39. The molecule has 0 aromatic rings. The third kappa shape index (κ3) is 6.49. The Morgan fingerprint density at radius 2 is 2.33 bits per heavy atom. The minimum Gasteiger partial charge on any atom is -0.468 e. The highest BCUT2D eigenvalue weighted by molar-refractivity contribution is 7.98. The van der Waals surface area contributed by atoms with Crippen molar-refractivity contribution in [2.24, 2.45) is 0 Å². The number of nitrogens with one attached hydrogen (secondary N) is 1. The summed E-state index contributed by atoms with van der Waals surface area (Å²) in [5.41, 5.74) is 0. The Kier molecular flexibility index (Phi) is 7.29. The number of rotatable bonds is 6. The molecule has 0 aliphatic rings. The fraction of sp³-hybridized carbons (Fsp3) is 0.875. The first-order chi connectivity index (χ1) is 5.70. The molecule has 0 saturated heterocycles. The van der Waals surface area contributed by atoms with Crippen LogP contribution in [0.25, 0.3) is 0 Å². The van der Waals surface area contributed by atoms with Crippen LogP contribution in [-0.4, -0.2) is 37.7 Å². The van der Waals surface area contributed by atoms with Gasteiger partial charge in [-0.05, 0) is 25.4 Å². The zero-order chi connectivity index (χ0) is 9.40. The number of thioether (sulfide) groups is 1. The number of hydrogen-bond donors (Lipinski definition) is 1. The lowest BCUT2D eigenvalue weighted by Gasteiger charge is -2.11. The molecule has 0 bridgehead atoms. The Morgan fingerprint density at radius 3 is 2.83 bits per heavy atom. The summed E-state index contributed by atoms with van der Waals surface area (Å²) in [4.78, 5) is 10.7. The van der Waals surface area contributed by atoms with Gasteiger partial charge in [-0.2, -0.15) is 11.8 Å². The molecule has 0 heterocycles. The van der Waals surface area contributed by atoms with Gasteiger partial charge in [0.25, 0.3) is 0 Å². The summed E-state index contributed by atoms with van der Waals surface area (Å²) in [5, 5.41) is 3.08. The summed E-state index contributed by atoms with van der Waals surface area (Å²) in [5.74, 6) is 0.918. The lowest BCUT2D eigenvalue weighted by Crippen LogP contribution is -2.32. The van der Waals surface area contributed by atoms with Gasteiger partial charge in [-0.15, -0.1) is 0 Å². The molecule has 0 spiro atoms. The van der Waals surface area contributed by atoms with E-state index in [1.807, 2.05) is 11.8 Å². The van der Waals surface area contributed by atoms with E-state index in [1.54, 1.807) is 0 Å². The molecule has 0 amide bonds. The van der Waals surface area contributed by atoms with Crippen LogP contribution in [0.2, 0.25) is 0 Å². The molecule has 0 rings (SSSR count). The predicted octanol–water partition coefficient (Wildman–Crippen LogP) is 0.891. The molecule has 0 radical (unpaired) electrons. The maximum atomic E-state index is 10.7. The van der Waals surface area contributed by atoms with E-state index in [1.165, 1.54) is 7.11 Å². The average Bonchev–Trinajstić information content (AvgIpc) is 2.10. The second-order valence-corrected chi connectivity index (χ2v) is 3.63. The molecule has 1 N–H and O–H groups in total. The van der Waals surface area contributed by atoms with E-state index in [4.69, 9.17) is 0 Å². The minimum absolute atomic E-state index is 0.203. The number of ether oxygens (including phenoxy) is 1. The lowest BCUT2D eigenvalue weighted by atomic mass is 10.2. The van der Waals surface area contributed by atoms with Crippen molar-refractivity contribution in [3.8, 4) is 0 Å². The molecule has 0 aromatic carbocycles. The zero-order valence-corrected chi connectivity index (χ0v) is 8.74. The summed E-state index contributed by atoms with van der Waals surface area (Å²) in [6.07, 6.45) is 3.16. The summed E-state index contributed by atoms with van der Waals surface area (Å²) in [6.45, 7) is 2.38. The Labute approximate surface area is 78.2 Å². The van der Waals surface area contributed by atoms with Crippen LogP contribution in [0.1, 0.15) is 13.3 Å². The standard InChI is InChI=1S/C8H17NO2S/c1-7(4-5-12-3)9-6-8(10)11-2/h7,9H,4-6H2,1-3H3. The highest BCUT2D eigenvalue weighted by Gasteiger charge is 2.03. The van der Waals surface area contributed by atoms with Gasteiger partial charge in [0.05, 0.1) is 13.7 Å². The molecule has 4 heteroatoms. The third-order valence-corrected chi connectivity index (χ3v) is 2.22. The van der Waals surface area contributed by atoms with E-state index in [9.17, 15) is 4.79 Å². The van der Waals surface area contributed by atoms with Gasteiger partial charge in [-0.1, -0.05) is 0 Å². The first-order valence-electron chi connectivity index (χ1n) is 3.99. The summed E-state index contributed by atoms with van der Waals surface area (Å²) >= 11 is 1.81. The largest absolute Gasteiger partial charge is 0.468 e. The molecular formula is C8H17NO2S. The maximum absolute atomic E-state index is 10.7. The number of carbonyl (C=O) groups is 1. The van der Waals surface area contributed by atoms with Gasteiger partial charge in [0.1, 0.15) is 0 Å². The van der Waals surface area contributed by atoms with E-state index in [-0.39, 0.29) is 5.97 Å². The zero-order valence-electron chi connectivity index (χ0n) is 7.92. The quantitative estimate of drug-likeness (QED) is 0.633. The molecule has 3 nitrogen and oxygen atoms in total. The Balaban J connectivity index is 3.30. The van der Waals surface area contributed by atoms with Gasteiger partial charge in [-0.3, -0.25) is 4.79 Å². The Morgan fingerprint density at radius 1 is 1.67 bits per heavy atom. The van der Waals surface area contributed by atoms with Crippen molar-refractivity contribution in [2.75, 3.05) is 25.7 Å². The van der Waals surface area contributed by atoms with E-state index < -0.39 is 0 Å². The van der Waals surface area contributed by atoms with Gasteiger partial charge in [-0.25, -0.2) is 0 Å². The molecule has 72 valence electrons. The summed E-state index contributed by atoms with van der Waals surface area (Å²) in [7, 11) is 1.40. The molecule has 0 aliphatic carbocycles. The van der Waals surface area contributed by atoms with Crippen LogP contribution in [0.5, 0.6) is 0 Å². The van der Waals surface area contributed by atoms with Crippen LogP contribution in [0, 0.1) is 0 Å². The van der Waals surface area contributed by atoms with Crippen LogP contribution in [-0.2, 0) is 9.53 Å². The summed E-state index contributed by atoms with van der Waals surface area (Å²) < 4.78 is 4.50. The SMILES string of the molecule is COC(=O)CNC(C)CCSC. The second-order valence-electron chi connectivity index (χ2n) is 2.64. The minimum atomic E-state index is -0.203. The molecule has 0 saturated carbocycles. The monoisotopic (exact) mass is 191 g/mol. The van der Waals surface area contributed by atoms with E-state index in [2.05, 4.69) is 23.2 Å². The lowest BCUT2D eigenvalue weighted by molar-refractivity contribution is -0.139. The van der Waals surface area contributed by atoms with Crippen molar-refractivity contribution in [3.63, 3.8) is 0 Å². The Bertz CT molecular complexity index is 130. The van der Waals surface area contributed by atoms with Gasteiger partial charge in [0.2, 0.25) is 0 Å². The molecule has 12 heavy (non-hydrogen) atoms. The maximum Gasteiger partial charge on any atom is 0.319 e. The molecule has 0 aromatic heterocycles. The topological polar surface area (TPSA) is 38.3 Å². The Hall–Kier alpha value is -0.220. The smallest absolute Gasteiger partial charge is 0.319 e. The van der Waals surface area contributed by atoms with Crippen molar-refractivity contribution in [1.82, 2.24) is 5.32 Å². The van der Waals surface area contributed by atoms with Crippen LogP contribution in [0.15, 0.2) is 0 Å². The van der Waals surface area contributed by atoms with Crippen LogP contribution in [0.3, 0.4) is 0 Å². The van der Waals surface area contributed by atoms with E-state index in [0.29, 0.717) is 12.6 Å². The van der Waals surface area contributed by atoms with E-state index in [0.717, 1.165) is 12.2 Å². The molecule has 0 aliphatic heterocycles. The van der Waals surface area contributed by atoms with Crippen molar-refractivity contribution in [3.05, 3.63) is 0 Å². The number of hydrogen-bond acceptors (Lipinski definition) is 4. The molecule has 1 atom stereocenters. The fourth-order valence-corrected chi connectivity index (χ4v) is 1.32. The third-order valence-electron chi connectivity index (χ3n) is 1.58.